The highest BCUT2D eigenvalue weighted by atomic mass is 35.5. The summed E-state index contributed by atoms with van der Waals surface area (Å²) in [6, 6.07) is 21.5. The third-order valence-electron chi connectivity index (χ3n) is 12.2. The highest BCUT2D eigenvalue weighted by molar-refractivity contribution is 7.22. The number of amides is 4. The molecule has 4 heterocycles. The van der Waals surface area contributed by atoms with E-state index in [0.29, 0.717) is 45.0 Å². The first kappa shape index (κ1) is 35.9. The van der Waals surface area contributed by atoms with Crippen LogP contribution in [0.2, 0.25) is 10.0 Å². The highest BCUT2D eigenvalue weighted by Gasteiger charge is 2.68. The number of nitrogens with zero attached hydrogens (tertiary/aromatic N) is 4. The number of allylic oxidation sites excluding steroid dienone is 2. The fraction of sp³-hybridized carbons (Fsp3) is 0.310. The number of fused-ring (bicyclic) bond motifs is 5. The average Bonchev–Trinajstić information content (AvgIpc) is 3.84. The van der Waals surface area contributed by atoms with E-state index in [1.165, 1.54) is 9.80 Å². The molecule has 280 valence electrons. The van der Waals surface area contributed by atoms with Crippen molar-refractivity contribution in [2.75, 3.05) is 23.0 Å². The molecular weight excluding hydrogens is 759 g/mol. The molecule has 3 fully saturated rings. The summed E-state index contributed by atoms with van der Waals surface area (Å²) in [5.41, 5.74) is 2.30. The summed E-state index contributed by atoms with van der Waals surface area (Å²) >= 11 is 14.0. The first-order valence-electron chi connectivity index (χ1n) is 18.2. The summed E-state index contributed by atoms with van der Waals surface area (Å²) in [6.45, 7) is 3.66. The number of halogens is 2. The second-order valence-electron chi connectivity index (χ2n) is 15.0. The Bertz CT molecular complexity index is 2490. The molecule has 2 aromatic heterocycles. The van der Waals surface area contributed by atoms with E-state index in [1.54, 1.807) is 59.5 Å². The average molecular weight is 796 g/mol. The minimum absolute atomic E-state index is 0.0280. The van der Waals surface area contributed by atoms with Gasteiger partial charge >= 0.3 is 0 Å². The van der Waals surface area contributed by atoms with Gasteiger partial charge in [0, 0.05) is 39.3 Å². The largest absolute Gasteiger partial charge is 0.491 e. The maximum absolute atomic E-state index is 15.2. The number of hydrogen-bond acceptors (Lipinski definition) is 8. The van der Waals surface area contributed by atoms with Gasteiger partial charge in [-0.1, -0.05) is 53.1 Å². The molecular formula is C42H36Cl2N4O6S. The van der Waals surface area contributed by atoms with Gasteiger partial charge in [-0.05, 0) is 92.1 Å². The summed E-state index contributed by atoms with van der Waals surface area (Å²) in [5, 5.41) is 16.6. The van der Waals surface area contributed by atoms with Crippen molar-refractivity contribution >= 4 is 79.8 Å². The molecule has 1 N–H and O–H groups in total. The summed E-state index contributed by atoms with van der Waals surface area (Å²) in [6.07, 6.45) is 2.52. The zero-order valence-corrected chi connectivity index (χ0v) is 32.5. The van der Waals surface area contributed by atoms with Gasteiger partial charge in [-0.25, -0.2) is 4.90 Å². The molecule has 3 aromatic carbocycles. The molecule has 0 bridgehead atoms. The van der Waals surface area contributed by atoms with E-state index in [4.69, 9.17) is 33.0 Å². The molecule has 6 unspecified atom stereocenters. The van der Waals surface area contributed by atoms with Crippen molar-refractivity contribution in [1.82, 2.24) is 9.78 Å². The molecule has 10 nitrogen and oxygen atoms in total. The fourth-order valence-corrected chi connectivity index (χ4v) is 11.1. The standard InChI is InChI=1S/C42H36Cl2N4O6S/c1-21-28-18-23(44)10-15-33(28)55-37(21)31-20-34(46(3)45-31)48-39(51)30-19-29-25(36(42(30,2)41(48)53)26-6-4-5-7-32(26)54-17-16-49)13-14-27-35(29)40(52)47(38(27)50)24-11-8-22(43)9-12-24/h4-13,15,18,20,27,29-30,35-36,49H,14,16-17,19H2,1-3H3. The van der Waals surface area contributed by atoms with E-state index >= 15 is 4.79 Å². The SMILES string of the molecule is Cc1c(-c2cc(N3C(=O)C4CC5C(=CCC6C(=O)N(c7ccc(Cl)cc7)C(=O)C65)C(c5ccccc5OCCO)C4(C)C3=O)n(C)n2)sc2ccc(Cl)cc12. The number of aryl methyl sites for hydroxylation is 2. The summed E-state index contributed by atoms with van der Waals surface area (Å²) in [5.74, 6) is -3.93. The third kappa shape index (κ3) is 5.27. The maximum Gasteiger partial charge on any atom is 0.242 e. The topological polar surface area (TPSA) is 122 Å². The van der Waals surface area contributed by atoms with Crippen molar-refractivity contribution in [3.63, 3.8) is 0 Å². The molecule has 1 saturated carbocycles. The number of carbonyl (C=O) groups excluding carboxylic acids is 4. The van der Waals surface area contributed by atoms with E-state index in [2.05, 4.69) is 0 Å². The Balaban J connectivity index is 1.16. The second-order valence-corrected chi connectivity index (χ2v) is 16.9. The van der Waals surface area contributed by atoms with Gasteiger partial charge in [0.15, 0.2) is 0 Å². The lowest BCUT2D eigenvalue weighted by Crippen LogP contribution is -2.49. The van der Waals surface area contributed by atoms with Crippen LogP contribution in [-0.2, 0) is 26.2 Å². The summed E-state index contributed by atoms with van der Waals surface area (Å²) in [7, 11) is 1.72. The number of thiophene rings is 1. The molecule has 9 rings (SSSR count). The predicted molar refractivity (Wildman–Crippen MR) is 211 cm³/mol. The molecule has 2 aliphatic heterocycles. The van der Waals surface area contributed by atoms with Gasteiger partial charge in [-0.15, -0.1) is 11.3 Å². The van der Waals surface area contributed by atoms with Crippen LogP contribution < -0.4 is 14.5 Å². The van der Waals surface area contributed by atoms with Gasteiger partial charge in [0.2, 0.25) is 23.6 Å². The molecule has 13 heteroatoms. The summed E-state index contributed by atoms with van der Waals surface area (Å²) in [4.78, 5) is 62.0. The Labute approximate surface area is 330 Å². The molecule has 0 radical (unpaired) electrons. The Kier molecular flexibility index (Phi) is 8.58. The van der Waals surface area contributed by atoms with Crippen molar-refractivity contribution in [2.45, 2.75) is 32.6 Å². The van der Waals surface area contributed by atoms with Crippen LogP contribution in [0.4, 0.5) is 11.5 Å². The number of aromatic nitrogens is 2. The second kappa shape index (κ2) is 13.2. The van der Waals surface area contributed by atoms with E-state index in [0.717, 1.165) is 26.1 Å². The number of anilines is 2. The first-order valence-corrected chi connectivity index (χ1v) is 19.8. The minimum Gasteiger partial charge on any atom is -0.491 e. The van der Waals surface area contributed by atoms with Gasteiger partial charge in [0.05, 0.1) is 40.3 Å². The van der Waals surface area contributed by atoms with E-state index in [-0.39, 0.29) is 43.3 Å². The van der Waals surface area contributed by atoms with E-state index in [9.17, 15) is 19.5 Å². The number of aliphatic hydroxyl groups is 1. The predicted octanol–water partition coefficient (Wildman–Crippen LogP) is 7.72. The van der Waals surface area contributed by atoms with Gasteiger partial charge in [0.1, 0.15) is 23.9 Å². The molecule has 4 aliphatic rings. The van der Waals surface area contributed by atoms with Crippen LogP contribution in [0.3, 0.4) is 0 Å². The number of hydrogen-bond donors (Lipinski definition) is 1. The van der Waals surface area contributed by atoms with Gasteiger partial charge in [-0.3, -0.25) is 28.8 Å². The lowest BCUT2D eigenvalue weighted by Gasteiger charge is -2.49. The quantitative estimate of drug-likeness (QED) is 0.132. The number of benzene rings is 3. The van der Waals surface area contributed by atoms with E-state index < -0.39 is 35.0 Å². The van der Waals surface area contributed by atoms with Crippen LogP contribution in [0.5, 0.6) is 5.75 Å². The zero-order chi connectivity index (χ0) is 38.5. The molecule has 2 aliphatic carbocycles. The zero-order valence-electron chi connectivity index (χ0n) is 30.2. The molecule has 55 heavy (non-hydrogen) atoms. The molecule has 6 atom stereocenters. The first-order chi connectivity index (χ1) is 26.4. The smallest absolute Gasteiger partial charge is 0.242 e. The lowest BCUT2D eigenvalue weighted by molar-refractivity contribution is -0.131. The van der Waals surface area contributed by atoms with Gasteiger partial charge < -0.3 is 9.84 Å². The number of imide groups is 2. The van der Waals surface area contributed by atoms with Gasteiger partial charge in [-0.2, -0.15) is 5.10 Å². The number of aliphatic hydroxyl groups excluding tert-OH is 1. The summed E-state index contributed by atoms with van der Waals surface area (Å²) < 4.78 is 8.68. The maximum atomic E-state index is 15.2. The Morgan fingerprint density at radius 3 is 2.44 bits per heavy atom. The number of ether oxygens (including phenoxy) is 1. The van der Waals surface area contributed by atoms with Crippen molar-refractivity contribution in [2.24, 2.45) is 36.1 Å². The number of carbonyl (C=O) groups is 4. The number of para-hydroxylation sites is 1. The van der Waals surface area contributed by atoms with Crippen molar-refractivity contribution in [3.8, 4) is 16.3 Å². The van der Waals surface area contributed by atoms with Crippen molar-refractivity contribution in [1.29, 1.82) is 0 Å². The molecule has 4 amide bonds. The van der Waals surface area contributed by atoms with Gasteiger partial charge in [0.25, 0.3) is 0 Å². The van der Waals surface area contributed by atoms with Crippen LogP contribution in [0.25, 0.3) is 20.7 Å². The Morgan fingerprint density at radius 1 is 0.927 bits per heavy atom. The molecule has 0 spiro atoms. The Morgan fingerprint density at radius 2 is 1.67 bits per heavy atom. The van der Waals surface area contributed by atoms with Crippen molar-refractivity contribution < 1.29 is 29.0 Å². The van der Waals surface area contributed by atoms with Crippen LogP contribution in [0, 0.1) is 36.0 Å². The normalized spacial score (nSPS) is 26.1. The van der Waals surface area contributed by atoms with Crippen LogP contribution >= 0.6 is 34.5 Å². The number of rotatable bonds is 7. The lowest BCUT2D eigenvalue weighted by atomic mass is 9.51. The molecule has 5 aromatic rings. The molecule has 2 saturated heterocycles. The monoisotopic (exact) mass is 794 g/mol. The van der Waals surface area contributed by atoms with Crippen LogP contribution in [0.1, 0.15) is 36.8 Å². The van der Waals surface area contributed by atoms with E-state index in [1.807, 2.05) is 56.3 Å². The third-order valence-corrected chi connectivity index (χ3v) is 13.9. The minimum atomic E-state index is -1.29. The highest BCUT2D eigenvalue weighted by Crippen LogP contribution is 2.64. The Hall–Kier alpha value is -4.81. The van der Waals surface area contributed by atoms with Crippen LogP contribution in [-0.4, -0.2) is 51.7 Å². The fourth-order valence-electron chi connectivity index (χ4n) is 9.64. The van der Waals surface area contributed by atoms with Crippen molar-refractivity contribution in [3.05, 3.63) is 106 Å². The van der Waals surface area contributed by atoms with Crippen LogP contribution in [0.15, 0.2) is 84.4 Å².